The van der Waals surface area contributed by atoms with Crippen molar-refractivity contribution in [1.29, 1.82) is 0 Å². The lowest BCUT2D eigenvalue weighted by Gasteiger charge is -1.96. The van der Waals surface area contributed by atoms with E-state index in [0.29, 0.717) is 0 Å². The predicted molar refractivity (Wildman–Crippen MR) is 54.7 cm³/mol. The van der Waals surface area contributed by atoms with Gasteiger partial charge in [0.05, 0.1) is 0 Å². The van der Waals surface area contributed by atoms with Crippen LogP contribution in [0.2, 0.25) is 0 Å². The quantitative estimate of drug-likeness (QED) is 0.339. The molecule has 0 N–H and O–H groups in total. The summed E-state index contributed by atoms with van der Waals surface area (Å²) in [5.74, 6) is 1.98. The number of hydrogen-bond acceptors (Lipinski definition) is 0. The minimum absolute atomic E-state index is 0.991. The average molecular weight is 230 g/mol. The zero-order valence-corrected chi connectivity index (χ0v) is 9.56. The number of fused-ring (bicyclic) bond motifs is 2. The Hall–Kier alpha value is 0.827. The Kier molecular flexibility index (Phi) is 4.29. The van der Waals surface area contributed by atoms with E-state index >= 15 is 0 Å². The Morgan fingerprint density at radius 2 is 1.36 bits per heavy atom. The highest BCUT2D eigenvalue weighted by atomic mass is 35.8. The molecule has 0 saturated heterocycles. The summed E-state index contributed by atoms with van der Waals surface area (Å²) in [7, 11) is 0. The minimum atomic E-state index is -1.72. The zero-order chi connectivity index (χ0) is 8.27. The lowest BCUT2D eigenvalue weighted by atomic mass is 10.1. The normalized spacial score (nSPS) is 32.4. The largest absolute Gasteiger partial charge is 0.326 e. The Morgan fingerprint density at radius 3 is 1.45 bits per heavy atom. The van der Waals surface area contributed by atoms with Crippen molar-refractivity contribution in [1.82, 2.24) is 0 Å². The van der Waals surface area contributed by atoms with E-state index in [9.17, 15) is 0 Å². The van der Waals surface area contributed by atoms with Gasteiger partial charge in [0, 0.05) is 0 Å². The first kappa shape index (κ1) is 9.91. The molecule has 0 radical (unpaired) electrons. The molecule has 11 heavy (non-hydrogen) atoms. The zero-order valence-electron chi connectivity index (χ0n) is 6.14. The maximum Gasteiger partial charge on any atom is 0.326 e. The fourth-order valence-electron chi connectivity index (χ4n) is 1.72. The summed E-state index contributed by atoms with van der Waals surface area (Å²) in [6, 6.07) is 0. The average Bonchev–Trinajstić information content (AvgIpc) is 2.45. The molecule has 0 amide bonds. The van der Waals surface area contributed by atoms with E-state index < -0.39 is 6.73 Å². The molecule has 0 aromatic rings. The van der Waals surface area contributed by atoms with E-state index in [-0.39, 0.29) is 0 Å². The highest BCUT2D eigenvalue weighted by Crippen LogP contribution is 2.38. The van der Waals surface area contributed by atoms with Gasteiger partial charge >= 0.3 is 6.73 Å². The summed E-state index contributed by atoms with van der Waals surface area (Å²) < 4.78 is 0. The van der Waals surface area contributed by atoms with Crippen LogP contribution in [0.3, 0.4) is 0 Å². The minimum Gasteiger partial charge on any atom is -0.130 e. The predicted octanol–water partition coefficient (Wildman–Crippen LogP) is 3.39. The smallest absolute Gasteiger partial charge is 0.130 e. The van der Waals surface area contributed by atoms with Crippen LogP contribution < -0.4 is 0 Å². The SMILES string of the molecule is C1=CC2CCC1C2.Cl[SiH](Cl)Cl. The molecular weight excluding hydrogens is 219 g/mol. The Morgan fingerprint density at radius 1 is 1.00 bits per heavy atom. The second-order valence-corrected chi connectivity index (χ2v) is 9.40. The van der Waals surface area contributed by atoms with Gasteiger partial charge in [-0.1, -0.05) is 12.2 Å². The standard InChI is InChI=1S/C7H10.Cl3HSi/c1-2-7-4-3-6(1)5-7;1-4(2)3/h1-2,6-7H,3-5H2;4H. The molecule has 2 aliphatic carbocycles. The van der Waals surface area contributed by atoms with Crippen molar-refractivity contribution >= 4 is 40.0 Å². The van der Waals surface area contributed by atoms with E-state index in [1.54, 1.807) is 0 Å². The monoisotopic (exact) mass is 228 g/mol. The molecule has 2 rings (SSSR count). The first-order valence-electron chi connectivity index (χ1n) is 3.79. The second kappa shape index (κ2) is 4.76. The molecule has 0 aliphatic heterocycles. The Bertz CT molecular complexity index is 132. The van der Waals surface area contributed by atoms with Gasteiger partial charge in [-0.25, -0.2) is 0 Å². The first-order valence-corrected chi connectivity index (χ1v) is 9.02. The maximum absolute atomic E-state index is 4.94. The molecule has 2 atom stereocenters. The third kappa shape index (κ3) is 3.84. The van der Waals surface area contributed by atoms with Gasteiger partial charge < -0.3 is 0 Å². The number of rotatable bonds is 0. The summed E-state index contributed by atoms with van der Waals surface area (Å²) in [6.45, 7) is -1.72. The molecule has 2 aliphatic rings. The van der Waals surface area contributed by atoms with E-state index in [4.69, 9.17) is 33.2 Å². The van der Waals surface area contributed by atoms with Crippen LogP contribution in [-0.4, -0.2) is 6.73 Å². The van der Waals surface area contributed by atoms with Crippen LogP contribution in [0.5, 0.6) is 0 Å². The van der Waals surface area contributed by atoms with Gasteiger partial charge in [-0.3, -0.25) is 0 Å². The van der Waals surface area contributed by atoms with Gasteiger partial charge in [-0.05, 0) is 31.1 Å². The van der Waals surface area contributed by atoms with Crippen LogP contribution in [-0.2, 0) is 0 Å². The van der Waals surface area contributed by atoms with Crippen LogP contribution in [0.15, 0.2) is 12.2 Å². The number of hydrogen-bond donors (Lipinski definition) is 0. The van der Waals surface area contributed by atoms with Gasteiger partial charge in [-0.15, -0.1) is 33.2 Å². The molecule has 0 nitrogen and oxygen atoms in total. The molecule has 1 fully saturated rings. The molecule has 0 aromatic carbocycles. The molecule has 1 saturated carbocycles. The van der Waals surface area contributed by atoms with Crippen LogP contribution in [0.1, 0.15) is 19.3 Å². The molecule has 2 unspecified atom stereocenters. The summed E-state index contributed by atoms with van der Waals surface area (Å²) in [5.41, 5.74) is 0. The van der Waals surface area contributed by atoms with Crippen molar-refractivity contribution < 1.29 is 0 Å². The third-order valence-corrected chi connectivity index (χ3v) is 2.17. The van der Waals surface area contributed by atoms with Gasteiger partial charge in [0.1, 0.15) is 0 Å². The van der Waals surface area contributed by atoms with Gasteiger partial charge in [0.2, 0.25) is 0 Å². The van der Waals surface area contributed by atoms with E-state index in [2.05, 4.69) is 12.2 Å². The highest BCUT2D eigenvalue weighted by molar-refractivity contribution is 7.54. The summed E-state index contributed by atoms with van der Waals surface area (Å²) >= 11 is 14.8. The summed E-state index contributed by atoms with van der Waals surface area (Å²) in [4.78, 5) is 0. The van der Waals surface area contributed by atoms with Crippen molar-refractivity contribution in [2.75, 3.05) is 0 Å². The van der Waals surface area contributed by atoms with E-state index in [1.165, 1.54) is 19.3 Å². The highest BCUT2D eigenvalue weighted by Gasteiger charge is 2.25. The number of halogens is 3. The second-order valence-electron chi connectivity index (χ2n) is 2.97. The van der Waals surface area contributed by atoms with Crippen molar-refractivity contribution in [2.24, 2.45) is 11.8 Å². The Balaban J connectivity index is 0.000000134. The molecule has 64 valence electrons. The third-order valence-electron chi connectivity index (χ3n) is 2.17. The molecule has 4 heteroatoms. The molecule has 0 aromatic heterocycles. The number of allylic oxidation sites excluding steroid dienone is 2. The fraction of sp³-hybridized carbons (Fsp3) is 0.714. The first-order chi connectivity index (χ1) is 5.18. The molecule has 2 bridgehead atoms. The molecule has 0 heterocycles. The maximum atomic E-state index is 4.94. The summed E-state index contributed by atoms with van der Waals surface area (Å²) in [6.07, 6.45) is 9.19. The topological polar surface area (TPSA) is 0 Å². The van der Waals surface area contributed by atoms with Crippen LogP contribution in [0.4, 0.5) is 0 Å². The Labute approximate surface area is 83.2 Å². The van der Waals surface area contributed by atoms with Gasteiger partial charge in [0.15, 0.2) is 0 Å². The van der Waals surface area contributed by atoms with Crippen LogP contribution >= 0.6 is 33.2 Å². The van der Waals surface area contributed by atoms with Gasteiger partial charge in [0.25, 0.3) is 0 Å². The lowest BCUT2D eigenvalue weighted by molar-refractivity contribution is 0.691. The van der Waals surface area contributed by atoms with Crippen LogP contribution in [0, 0.1) is 11.8 Å². The fourth-order valence-corrected chi connectivity index (χ4v) is 1.72. The van der Waals surface area contributed by atoms with Crippen LogP contribution in [0.25, 0.3) is 0 Å². The van der Waals surface area contributed by atoms with Crippen molar-refractivity contribution in [2.45, 2.75) is 19.3 Å². The van der Waals surface area contributed by atoms with E-state index in [0.717, 1.165) is 11.8 Å². The van der Waals surface area contributed by atoms with Crippen molar-refractivity contribution in [3.05, 3.63) is 12.2 Å². The lowest BCUT2D eigenvalue weighted by Crippen LogP contribution is -1.82. The summed E-state index contributed by atoms with van der Waals surface area (Å²) in [5, 5.41) is 0. The van der Waals surface area contributed by atoms with Crippen molar-refractivity contribution in [3.63, 3.8) is 0 Å². The molecule has 0 spiro atoms. The molecular formula is C7H11Cl3Si. The van der Waals surface area contributed by atoms with Gasteiger partial charge in [-0.2, -0.15) is 0 Å². The van der Waals surface area contributed by atoms with Crippen molar-refractivity contribution in [3.8, 4) is 0 Å². The van der Waals surface area contributed by atoms with E-state index in [1.807, 2.05) is 0 Å².